The molecule has 0 aliphatic carbocycles. The summed E-state index contributed by atoms with van der Waals surface area (Å²) in [7, 11) is 0. The van der Waals surface area contributed by atoms with Gasteiger partial charge < -0.3 is 5.11 Å². The Morgan fingerprint density at radius 3 is 2.65 bits per heavy atom. The van der Waals surface area contributed by atoms with Gasteiger partial charge in [-0.15, -0.1) is 35.1 Å². The summed E-state index contributed by atoms with van der Waals surface area (Å²) in [6, 6.07) is 3.37. The molecule has 0 amide bonds. The summed E-state index contributed by atoms with van der Waals surface area (Å²) in [6.45, 7) is 1.60. The molecule has 9 heteroatoms. The monoisotopic (exact) mass is 410 g/mol. The van der Waals surface area contributed by atoms with E-state index < -0.39 is 11.2 Å². The Labute approximate surface area is 157 Å². The topological polar surface area (TPSA) is 66.0 Å². The highest BCUT2D eigenvalue weighted by Crippen LogP contribution is 2.40. The van der Waals surface area contributed by atoms with Crippen LogP contribution >= 0.6 is 58.3 Å². The van der Waals surface area contributed by atoms with Crippen LogP contribution in [0, 0.1) is 0 Å². The third kappa shape index (κ3) is 4.12. The van der Waals surface area contributed by atoms with Crippen LogP contribution < -0.4 is 0 Å². The van der Waals surface area contributed by atoms with E-state index in [9.17, 15) is 4.79 Å². The van der Waals surface area contributed by atoms with Crippen molar-refractivity contribution in [3.05, 3.63) is 27.7 Å². The summed E-state index contributed by atoms with van der Waals surface area (Å²) < 4.78 is 0. The largest absolute Gasteiger partial charge is 0.480 e. The van der Waals surface area contributed by atoms with Gasteiger partial charge in [-0.2, -0.15) is 5.10 Å². The minimum absolute atomic E-state index is 0.287. The highest BCUT2D eigenvalue weighted by atomic mass is 35.5. The van der Waals surface area contributed by atoms with Gasteiger partial charge in [0.2, 0.25) is 0 Å². The number of nitrogens with zero attached hydrogens (tertiary/aromatic N) is 1. The van der Waals surface area contributed by atoms with E-state index >= 15 is 0 Å². The van der Waals surface area contributed by atoms with Gasteiger partial charge in [-0.1, -0.05) is 23.2 Å². The normalized spacial score (nSPS) is 12.4. The van der Waals surface area contributed by atoms with Crippen molar-refractivity contribution >= 4 is 64.3 Å². The quantitative estimate of drug-likeness (QED) is 0.491. The van der Waals surface area contributed by atoms with Gasteiger partial charge in [0.05, 0.1) is 21.6 Å². The van der Waals surface area contributed by atoms with E-state index in [2.05, 4.69) is 10.2 Å². The number of nitrogens with one attached hydrogen (secondary N) is 1. The number of thioether (sulfide) groups is 2. The molecule has 2 N–H and O–H groups in total. The molecule has 0 spiro atoms. The van der Waals surface area contributed by atoms with E-state index in [0.29, 0.717) is 20.5 Å². The lowest BCUT2D eigenvalue weighted by Crippen LogP contribution is -2.11. The van der Waals surface area contributed by atoms with Crippen molar-refractivity contribution in [1.29, 1.82) is 0 Å². The number of aliphatic carboxylic acids is 1. The molecule has 0 fully saturated rings. The Morgan fingerprint density at radius 2 is 2.09 bits per heavy atom. The van der Waals surface area contributed by atoms with Crippen molar-refractivity contribution in [3.63, 3.8) is 0 Å². The van der Waals surface area contributed by atoms with Crippen molar-refractivity contribution in [2.45, 2.75) is 28.0 Å². The molecule has 0 radical (unpaired) electrons. The minimum atomic E-state index is -0.907. The van der Waals surface area contributed by atoms with Crippen LogP contribution in [0.5, 0.6) is 0 Å². The first-order valence-corrected chi connectivity index (χ1v) is 9.84. The third-order valence-electron chi connectivity index (χ3n) is 3.10. The van der Waals surface area contributed by atoms with Crippen LogP contribution in [0.15, 0.2) is 22.1 Å². The molecule has 0 saturated heterocycles. The summed E-state index contributed by atoms with van der Waals surface area (Å²) in [5.41, 5.74) is 2.26. The van der Waals surface area contributed by atoms with Gasteiger partial charge >= 0.3 is 5.97 Å². The number of aromatic amines is 1. The molecule has 1 aromatic carbocycles. The molecule has 2 aromatic rings. The van der Waals surface area contributed by atoms with Crippen LogP contribution in [-0.4, -0.2) is 32.8 Å². The number of carbonyl (C=O) groups is 1. The van der Waals surface area contributed by atoms with E-state index in [1.54, 1.807) is 19.1 Å². The lowest BCUT2D eigenvalue weighted by molar-refractivity contribution is -0.136. The highest BCUT2D eigenvalue weighted by molar-refractivity contribution is 8.00. The standard InChI is InChI=1S/C14H13Cl3N2O2S2/c1-6(14(20)21)23-11-3-7(9(16)4-10(11)17)12-8(5-15)13(22-2)19-18-12/h3-4,6H,5H2,1-2H3,(H,18,19)(H,20,21). The Bertz CT molecular complexity index is 737. The number of rotatable bonds is 6. The van der Waals surface area contributed by atoms with Gasteiger partial charge in [-0.25, -0.2) is 0 Å². The first-order chi connectivity index (χ1) is 10.9. The van der Waals surface area contributed by atoms with Crippen LogP contribution in [0.25, 0.3) is 11.3 Å². The number of carboxylic acids is 1. The Morgan fingerprint density at radius 1 is 1.39 bits per heavy atom. The van der Waals surface area contributed by atoms with E-state index in [0.717, 1.165) is 28.0 Å². The van der Waals surface area contributed by atoms with Crippen molar-refractivity contribution in [2.75, 3.05) is 6.26 Å². The van der Waals surface area contributed by atoms with Crippen LogP contribution in [0.3, 0.4) is 0 Å². The second-order valence-electron chi connectivity index (χ2n) is 4.58. The lowest BCUT2D eigenvalue weighted by atomic mass is 10.1. The minimum Gasteiger partial charge on any atom is -0.480 e. The van der Waals surface area contributed by atoms with Gasteiger partial charge in [-0.3, -0.25) is 9.89 Å². The molecule has 1 unspecified atom stereocenters. The number of halogens is 3. The SMILES string of the molecule is CSc1n[nH]c(-c2cc(SC(C)C(=O)O)c(Cl)cc2Cl)c1CCl. The lowest BCUT2D eigenvalue weighted by Gasteiger charge is -2.12. The molecule has 23 heavy (non-hydrogen) atoms. The number of hydrogen-bond acceptors (Lipinski definition) is 4. The highest BCUT2D eigenvalue weighted by Gasteiger charge is 2.20. The fourth-order valence-corrected chi connectivity index (χ4v) is 4.26. The van der Waals surface area contributed by atoms with Gasteiger partial charge in [0.1, 0.15) is 10.3 Å². The van der Waals surface area contributed by atoms with Crippen molar-refractivity contribution in [1.82, 2.24) is 10.2 Å². The van der Waals surface area contributed by atoms with E-state index in [1.165, 1.54) is 11.8 Å². The summed E-state index contributed by atoms with van der Waals surface area (Å²) in [5.74, 6) is -0.621. The maximum atomic E-state index is 11.1. The molecule has 0 saturated carbocycles. The van der Waals surface area contributed by atoms with E-state index in [4.69, 9.17) is 39.9 Å². The molecule has 1 atom stereocenters. The maximum absolute atomic E-state index is 11.1. The number of aromatic nitrogens is 2. The average molecular weight is 412 g/mol. The molecule has 1 aromatic heterocycles. The summed E-state index contributed by atoms with van der Waals surface area (Å²) in [6.07, 6.45) is 1.91. The molecule has 0 aliphatic heterocycles. The number of alkyl halides is 1. The van der Waals surface area contributed by atoms with Gasteiger partial charge in [0.15, 0.2) is 0 Å². The van der Waals surface area contributed by atoms with Crippen LogP contribution in [0.2, 0.25) is 10.0 Å². The maximum Gasteiger partial charge on any atom is 0.316 e. The number of carboxylic acid groups (broad SMARTS) is 1. The fourth-order valence-electron chi connectivity index (χ4n) is 1.92. The zero-order valence-electron chi connectivity index (χ0n) is 12.2. The van der Waals surface area contributed by atoms with E-state index in [-0.39, 0.29) is 5.88 Å². The van der Waals surface area contributed by atoms with Crippen LogP contribution in [0.1, 0.15) is 12.5 Å². The molecule has 124 valence electrons. The first kappa shape index (κ1) is 18.8. The van der Waals surface area contributed by atoms with Crippen LogP contribution in [-0.2, 0) is 10.7 Å². The summed E-state index contributed by atoms with van der Waals surface area (Å²) in [5, 5.41) is 17.3. The molecule has 0 aliphatic rings. The predicted octanol–water partition coefficient (Wildman–Crippen LogP) is 5.41. The second-order valence-corrected chi connectivity index (χ2v) is 7.84. The Kier molecular flexibility index (Phi) is 6.57. The number of hydrogen-bond donors (Lipinski definition) is 2. The van der Waals surface area contributed by atoms with Gasteiger partial charge in [0, 0.05) is 16.0 Å². The molecule has 2 rings (SSSR count). The molecular weight excluding hydrogens is 399 g/mol. The molecule has 0 bridgehead atoms. The van der Waals surface area contributed by atoms with Gasteiger partial charge in [-0.05, 0) is 25.3 Å². The Hall–Kier alpha value is -0.530. The zero-order valence-corrected chi connectivity index (χ0v) is 16.1. The second kappa shape index (κ2) is 8.03. The van der Waals surface area contributed by atoms with Crippen LogP contribution in [0.4, 0.5) is 0 Å². The predicted molar refractivity (Wildman–Crippen MR) is 98.3 cm³/mol. The smallest absolute Gasteiger partial charge is 0.316 e. The number of benzene rings is 1. The van der Waals surface area contributed by atoms with Crippen molar-refractivity contribution < 1.29 is 9.90 Å². The Balaban J connectivity index is 2.51. The average Bonchev–Trinajstić information content (AvgIpc) is 2.92. The zero-order chi connectivity index (χ0) is 17.1. The van der Waals surface area contributed by atoms with Crippen molar-refractivity contribution in [2.24, 2.45) is 0 Å². The molecular formula is C14H13Cl3N2O2S2. The number of H-pyrrole nitrogens is 1. The van der Waals surface area contributed by atoms with Crippen molar-refractivity contribution in [3.8, 4) is 11.3 Å². The van der Waals surface area contributed by atoms with Gasteiger partial charge in [0.25, 0.3) is 0 Å². The first-order valence-electron chi connectivity index (χ1n) is 6.45. The van der Waals surface area contributed by atoms with E-state index in [1.807, 2.05) is 6.26 Å². The summed E-state index contributed by atoms with van der Waals surface area (Å²) >= 11 is 21.2. The molecule has 4 nitrogen and oxygen atoms in total. The molecule has 1 heterocycles. The summed E-state index contributed by atoms with van der Waals surface area (Å²) in [4.78, 5) is 11.7. The third-order valence-corrected chi connectivity index (χ3v) is 5.97. The fraction of sp³-hybridized carbons (Fsp3) is 0.286.